The van der Waals surface area contributed by atoms with E-state index in [9.17, 15) is 0 Å². The monoisotopic (exact) mass is 726 g/mol. The van der Waals surface area contributed by atoms with Gasteiger partial charge in [0.2, 0.25) is 0 Å². The highest BCUT2D eigenvalue weighted by Crippen LogP contribution is 2.47. The largest absolute Gasteiger partial charge is 0.314 e. The highest BCUT2D eigenvalue weighted by atomic mass is 15.2. The summed E-state index contributed by atoms with van der Waals surface area (Å²) in [5.74, 6) is 0. The third-order valence-corrected chi connectivity index (χ3v) is 12.0. The smallest absolute Gasteiger partial charge is 0.0462 e. The summed E-state index contributed by atoms with van der Waals surface area (Å²) >= 11 is 0. The van der Waals surface area contributed by atoms with Crippen molar-refractivity contribution in [2.24, 2.45) is 0 Å². The average molecular weight is 727 g/mol. The van der Waals surface area contributed by atoms with E-state index >= 15 is 0 Å². The molecule has 0 radical (unpaired) electrons. The van der Waals surface area contributed by atoms with Crippen LogP contribution in [-0.4, -0.2) is 0 Å². The Kier molecular flexibility index (Phi) is 10.4. The quantitative estimate of drug-likeness (QED) is 0.139. The molecule has 1 saturated carbocycles. The molecule has 1 fully saturated rings. The van der Waals surface area contributed by atoms with E-state index in [0.29, 0.717) is 0 Å². The third-order valence-electron chi connectivity index (χ3n) is 12.0. The van der Waals surface area contributed by atoms with Gasteiger partial charge in [0, 0.05) is 39.5 Å². The van der Waals surface area contributed by atoms with Gasteiger partial charge >= 0.3 is 0 Å². The minimum atomic E-state index is -0.00915. The van der Waals surface area contributed by atoms with E-state index in [4.69, 9.17) is 0 Å². The Hall–Kier alpha value is -6.12. The molecule has 0 unspecified atom stereocenters. The van der Waals surface area contributed by atoms with E-state index in [1.807, 2.05) is 0 Å². The maximum absolute atomic E-state index is 2.47. The van der Waals surface area contributed by atoms with Crippen LogP contribution in [0.25, 0.3) is 16.7 Å². The molecule has 0 aliphatic heterocycles. The topological polar surface area (TPSA) is 6.48 Å². The Morgan fingerprint density at radius 2 is 0.929 bits per heavy atom. The number of benzene rings is 6. The second-order valence-corrected chi connectivity index (χ2v) is 15.5. The molecule has 3 aliphatic carbocycles. The maximum atomic E-state index is 2.47. The molecule has 0 spiro atoms. The molecule has 0 aromatic heterocycles. The lowest BCUT2D eigenvalue weighted by Crippen LogP contribution is -2.30. The van der Waals surface area contributed by atoms with Crippen molar-refractivity contribution in [1.29, 1.82) is 0 Å². The van der Waals surface area contributed by atoms with Gasteiger partial charge in [-0.3, -0.25) is 0 Å². The van der Waals surface area contributed by atoms with E-state index in [1.54, 1.807) is 0 Å². The molecule has 0 heterocycles. The minimum Gasteiger partial charge on any atom is -0.314 e. The second kappa shape index (κ2) is 16.3. The summed E-state index contributed by atoms with van der Waals surface area (Å²) in [5.41, 5.74) is 15.1. The van der Waals surface area contributed by atoms with Crippen LogP contribution in [0.3, 0.4) is 0 Å². The molecule has 0 N–H and O–H groups in total. The number of nitrogens with zero attached hydrogens (tertiary/aromatic N) is 2. The van der Waals surface area contributed by atoms with Crippen LogP contribution in [0.15, 0.2) is 200 Å². The van der Waals surface area contributed by atoms with Crippen LogP contribution in [0.4, 0.5) is 28.4 Å². The van der Waals surface area contributed by atoms with E-state index < -0.39 is 0 Å². The Labute approximate surface area is 333 Å². The average Bonchev–Trinajstić information content (AvgIpc) is 3.29. The van der Waals surface area contributed by atoms with Gasteiger partial charge in [0.15, 0.2) is 0 Å². The number of allylic oxidation sites excluding steroid dienone is 8. The zero-order valence-electron chi connectivity index (χ0n) is 32.2. The number of rotatable bonds is 10. The first-order valence-electron chi connectivity index (χ1n) is 20.6. The van der Waals surface area contributed by atoms with Crippen molar-refractivity contribution in [2.75, 3.05) is 9.80 Å². The summed E-state index contributed by atoms with van der Waals surface area (Å²) in [6.45, 7) is 0. The van der Waals surface area contributed by atoms with Crippen LogP contribution in [-0.2, 0) is 5.41 Å². The molecule has 6 aromatic rings. The van der Waals surface area contributed by atoms with Crippen molar-refractivity contribution in [3.63, 3.8) is 0 Å². The third kappa shape index (κ3) is 7.32. The van der Waals surface area contributed by atoms with E-state index in [2.05, 4.69) is 204 Å². The molecule has 9 rings (SSSR count). The summed E-state index contributed by atoms with van der Waals surface area (Å²) in [4.78, 5) is 4.84. The van der Waals surface area contributed by atoms with Gasteiger partial charge in [-0.2, -0.15) is 0 Å². The molecule has 2 nitrogen and oxygen atoms in total. The minimum absolute atomic E-state index is 0.00915. The fourth-order valence-electron chi connectivity index (χ4n) is 9.10. The molecule has 0 amide bonds. The summed E-state index contributed by atoms with van der Waals surface area (Å²) in [5, 5.41) is 0. The molecule has 6 aromatic carbocycles. The first-order valence-corrected chi connectivity index (χ1v) is 20.6. The zero-order valence-corrected chi connectivity index (χ0v) is 32.2. The zero-order chi connectivity index (χ0) is 37.6. The number of hydrogen-bond acceptors (Lipinski definition) is 2. The van der Waals surface area contributed by atoms with Gasteiger partial charge in [0.05, 0.1) is 0 Å². The van der Waals surface area contributed by atoms with Gasteiger partial charge in [0.25, 0.3) is 0 Å². The van der Waals surface area contributed by atoms with Gasteiger partial charge in [0.1, 0.15) is 0 Å². The highest BCUT2D eigenvalue weighted by molar-refractivity contribution is 5.79. The number of anilines is 5. The van der Waals surface area contributed by atoms with Gasteiger partial charge in [-0.1, -0.05) is 147 Å². The number of para-hydroxylation sites is 1. The van der Waals surface area contributed by atoms with Crippen LogP contribution in [0, 0.1) is 0 Å². The summed E-state index contributed by atoms with van der Waals surface area (Å²) in [7, 11) is 0. The van der Waals surface area contributed by atoms with E-state index in [0.717, 1.165) is 37.1 Å². The molecule has 0 atom stereocenters. The van der Waals surface area contributed by atoms with Crippen LogP contribution >= 0.6 is 0 Å². The van der Waals surface area contributed by atoms with Crippen molar-refractivity contribution in [1.82, 2.24) is 0 Å². The Bertz CT molecular complexity index is 2340. The van der Waals surface area contributed by atoms with Crippen molar-refractivity contribution in [3.8, 4) is 11.1 Å². The molecule has 3 aliphatic rings. The standard InChI is InChI=1S/C54H50N2/c1-6-16-42(17-7-1)44-24-32-50(33-25-44)55(48-20-10-3-11-21-48)52-36-28-46(29-37-52)54(40-14-5-15-41-54)47-30-38-53(39-31-47)56(49-22-12-4-13-23-49)51-34-26-45(27-35-51)43-18-8-2-9-19-43/h1,3-4,6-8,10-12,16-22,24-39H,2,5,9,13-15,23,40-41H2. The first kappa shape index (κ1) is 35.6. The van der Waals surface area contributed by atoms with Crippen LogP contribution in [0.5, 0.6) is 0 Å². The number of hydrogen-bond donors (Lipinski definition) is 0. The summed E-state index contributed by atoms with van der Waals surface area (Å²) in [6.07, 6.45) is 24.2. The molecule has 276 valence electrons. The molecular formula is C54H50N2. The Balaban J connectivity index is 1.03. The molecule has 0 bridgehead atoms. The van der Waals surface area contributed by atoms with Gasteiger partial charge < -0.3 is 9.80 Å². The van der Waals surface area contributed by atoms with Gasteiger partial charge in [-0.05, 0) is 139 Å². The van der Waals surface area contributed by atoms with Crippen LogP contribution in [0.2, 0.25) is 0 Å². The fraction of sp³-hybridized carbons (Fsp3) is 0.185. The molecule has 56 heavy (non-hydrogen) atoms. The second-order valence-electron chi connectivity index (χ2n) is 15.5. The lowest BCUT2D eigenvalue weighted by Gasteiger charge is -2.39. The SMILES string of the molecule is C1=CCCC(N(c2ccc(C3=CCCC=C3)cc2)c2ccc(C3(c4ccc(N(c5ccccc5)c5ccc(-c6ccccc6)cc5)cc4)CCCCC3)cc2)=C1. The lowest BCUT2D eigenvalue weighted by molar-refractivity contribution is 0.346. The van der Waals surface area contributed by atoms with Crippen molar-refractivity contribution >= 4 is 34.0 Å². The molecule has 2 heteroatoms. The fourth-order valence-corrected chi connectivity index (χ4v) is 9.10. The Morgan fingerprint density at radius 1 is 0.411 bits per heavy atom. The van der Waals surface area contributed by atoms with Crippen LogP contribution < -0.4 is 9.80 Å². The van der Waals surface area contributed by atoms with E-state index in [1.165, 1.54) is 88.3 Å². The lowest BCUT2D eigenvalue weighted by atomic mass is 9.65. The van der Waals surface area contributed by atoms with Crippen molar-refractivity contribution in [3.05, 3.63) is 217 Å². The summed E-state index contributed by atoms with van der Waals surface area (Å²) < 4.78 is 0. The summed E-state index contributed by atoms with van der Waals surface area (Å²) in [6, 6.07) is 58.6. The van der Waals surface area contributed by atoms with Crippen molar-refractivity contribution < 1.29 is 0 Å². The highest BCUT2D eigenvalue weighted by Gasteiger charge is 2.36. The van der Waals surface area contributed by atoms with Gasteiger partial charge in [-0.25, -0.2) is 0 Å². The van der Waals surface area contributed by atoms with Gasteiger partial charge in [-0.15, -0.1) is 0 Å². The Morgan fingerprint density at radius 3 is 1.48 bits per heavy atom. The molecular weight excluding hydrogens is 677 g/mol. The predicted molar refractivity (Wildman–Crippen MR) is 238 cm³/mol. The normalized spacial score (nSPS) is 16.1. The maximum Gasteiger partial charge on any atom is 0.0462 e. The van der Waals surface area contributed by atoms with Crippen LogP contribution in [0.1, 0.15) is 74.5 Å². The first-order chi connectivity index (χ1) is 27.7. The molecule has 0 saturated heterocycles. The van der Waals surface area contributed by atoms with Crippen molar-refractivity contribution in [2.45, 2.75) is 63.2 Å². The predicted octanol–water partition coefficient (Wildman–Crippen LogP) is 15.2. The van der Waals surface area contributed by atoms with E-state index in [-0.39, 0.29) is 5.41 Å².